The first-order chi connectivity index (χ1) is 21.4. The highest BCUT2D eigenvalue weighted by Gasteiger charge is 2.35. The second-order valence-electron chi connectivity index (χ2n) is 11.6. The number of hydrogen-bond acceptors (Lipinski definition) is 4. The molecule has 44 heavy (non-hydrogen) atoms. The molecule has 0 unspecified atom stereocenters. The Morgan fingerprint density at radius 1 is 0.568 bits per heavy atom. The molecular weight excluding hydrogens is 552 g/mol. The molecule has 0 spiro atoms. The molecule has 4 aromatic carbocycles. The first-order valence-corrected chi connectivity index (χ1v) is 15.3. The molecule has 4 amide bonds. The summed E-state index contributed by atoms with van der Waals surface area (Å²) in [6.07, 6.45) is 3.43. The van der Waals surface area contributed by atoms with Crippen molar-refractivity contribution < 1.29 is 19.2 Å². The van der Waals surface area contributed by atoms with E-state index in [1.807, 2.05) is 97.1 Å². The summed E-state index contributed by atoms with van der Waals surface area (Å²) >= 11 is 0. The fourth-order valence-electron chi connectivity index (χ4n) is 6.27. The standard InChI is InChI=1S/C36H36N4O4/c41-33(21-25-9-3-1-4-10-25)39-19-7-13-31(39)35(43)37-29-17-15-28-24-30(18-16-27(28)23-29)38-36(44)32-14-8-20-40(32)34(42)22-26-11-5-2-6-12-26/h1-6,9-12,15-18,23-24,31-32H,7-8,13-14,19-22H2,(H,37,43)(H,38,44)/t31-,32-/m0/s1. The molecule has 2 N–H and O–H groups in total. The van der Waals surface area contributed by atoms with E-state index >= 15 is 0 Å². The summed E-state index contributed by atoms with van der Waals surface area (Å²) in [6, 6.07) is 29.4. The normalized spacial score (nSPS) is 17.9. The van der Waals surface area contributed by atoms with Crippen molar-refractivity contribution in [3.05, 3.63) is 108 Å². The number of nitrogens with zero attached hydrogens (tertiary/aromatic N) is 2. The highest BCUT2D eigenvalue weighted by Crippen LogP contribution is 2.26. The third-order valence-electron chi connectivity index (χ3n) is 8.52. The van der Waals surface area contributed by atoms with E-state index in [2.05, 4.69) is 10.6 Å². The second kappa shape index (κ2) is 13.1. The van der Waals surface area contributed by atoms with Gasteiger partial charge in [0.25, 0.3) is 0 Å². The van der Waals surface area contributed by atoms with Crippen LogP contribution in [0.5, 0.6) is 0 Å². The Labute approximate surface area is 257 Å². The van der Waals surface area contributed by atoms with Crippen molar-refractivity contribution >= 4 is 45.8 Å². The number of nitrogens with one attached hydrogen (secondary N) is 2. The maximum absolute atomic E-state index is 13.2. The number of rotatable bonds is 8. The molecule has 6 rings (SSSR count). The second-order valence-corrected chi connectivity index (χ2v) is 11.6. The van der Waals surface area contributed by atoms with E-state index in [1.165, 1.54) is 0 Å². The topological polar surface area (TPSA) is 98.8 Å². The molecular formula is C36H36N4O4. The number of anilines is 2. The molecule has 2 heterocycles. The van der Waals surface area contributed by atoms with E-state index < -0.39 is 12.1 Å². The van der Waals surface area contributed by atoms with Crippen LogP contribution in [0.15, 0.2) is 97.1 Å². The Morgan fingerprint density at radius 3 is 1.39 bits per heavy atom. The number of benzene rings is 4. The summed E-state index contributed by atoms with van der Waals surface area (Å²) in [5, 5.41) is 7.82. The van der Waals surface area contributed by atoms with Gasteiger partial charge in [0.2, 0.25) is 23.6 Å². The van der Waals surface area contributed by atoms with Crippen molar-refractivity contribution in [1.82, 2.24) is 9.80 Å². The van der Waals surface area contributed by atoms with Crippen LogP contribution in [0.1, 0.15) is 36.8 Å². The van der Waals surface area contributed by atoms with Crippen LogP contribution in [0.3, 0.4) is 0 Å². The van der Waals surface area contributed by atoms with E-state index in [4.69, 9.17) is 0 Å². The minimum atomic E-state index is -0.491. The minimum Gasteiger partial charge on any atom is -0.330 e. The van der Waals surface area contributed by atoms with Crippen LogP contribution in [0.2, 0.25) is 0 Å². The van der Waals surface area contributed by atoms with Crippen molar-refractivity contribution in [2.45, 2.75) is 50.6 Å². The van der Waals surface area contributed by atoms with Gasteiger partial charge in [-0.25, -0.2) is 0 Å². The Morgan fingerprint density at radius 2 is 0.977 bits per heavy atom. The zero-order valence-electron chi connectivity index (χ0n) is 24.6. The minimum absolute atomic E-state index is 0.0387. The molecule has 0 saturated carbocycles. The van der Waals surface area contributed by atoms with Gasteiger partial charge in [0, 0.05) is 24.5 Å². The maximum Gasteiger partial charge on any atom is 0.247 e. The van der Waals surface area contributed by atoms with Gasteiger partial charge >= 0.3 is 0 Å². The van der Waals surface area contributed by atoms with Crippen molar-refractivity contribution in [3.63, 3.8) is 0 Å². The Kier molecular flexibility index (Phi) is 8.68. The quantitative estimate of drug-likeness (QED) is 0.296. The molecule has 0 aromatic heterocycles. The zero-order valence-corrected chi connectivity index (χ0v) is 24.6. The van der Waals surface area contributed by atoms with Gasteiger partial charge in [0.15, 0.2) is 0 Å². The van der Waals surface area contributed by atoms with Crippen LogP contribution in [-0.2, 0) is 32.0 Å². The van der Waals surface area contributed by atoms with Gasteiger partial charge in [-0.2, -0.15) is 0 Å². The van der Waals surface area contributed by atoms with Gasteiger partial charge in [0.1, 0.15) is 12.1 Å². The van der Waals surface area contributed by atoms with Crippen LogP contribution in [0.25, 0.3) is 10.8 Å². The van der Waals surface area contributed by atoms with E-state index in [-0.39, 0.29) is 36.5 Å². The first kappa shape index (κ1) is 29.1. The van der Waals surface area contributed by atoms with Crippen molar-refractivity contribution in [2.75, 3.05) is 23.7 Å². The summed E-state index contributed by atoms with van der Waals surface area (Å²) in [5.74, 6) is -0.448. The fourth-order valence-corrected chi connectivity index (χ4v) is 6.27. The summed E-state index contributed by atoms with van der Waals surface area (Å²) in [7, 11) is 0. The van der Waals surface area contributed by atoms with Gasteiger partial charge in [-0.05, 0) is 71.8 Å². The van der Waals surface area contributed by atoms with Crippen molar-refractivity contribution in [1.29, 1.82) is 0 Å². The Hall–Kier alpha value is -4.98. The summed E-state index contributed by atoms with van der Waals surface area (Å²) < 4.78 is 0. The number of amides is 4. The van der Waals surface area contributed by atoms with Crippen molar-refractivity contribution in [2.24, 2.45) is 0 Å². The molecule has 8 heteroatoms. The number of likely N-dealkylation sites (tertiary alicyclic amines) is 2. The molecule has 0 aliphatic carbocycles. The van der Waals surface area contributed by atoms with Crippen LogP contribution < -0.4 is 10.6 Å². The molecule has 2 saturated heterocycles. The van der Waals surface area contributed by atoms with E-state index in [0.29, 0.717) is 37.3 Å². The summed E-state index contributed by atoms with van der Waals surface area (Å²) in [4.78, 5) is 55.8. The van der Waals surface area contributed by atoms with Gasteiger partial charge in [-0.3, -0.25) is 19.2 Å². The molecule has 224 valence electrons. The Bertz CT molecular complexity index is 1550. The lowest BCUT2D eigenvalue weighted by Gasteiger charge is -2.24. The fraction of sp³-hybridized carbons (Fsp3) is 0.278. The number of carbonyl (C=O) groups is 4. The average molecular weight is 589 g/mol. The SMILES string of the molecule is O=C(Nc1ccc2cc(NC(=O)[C@@H]3CCCN3C(=O)Cc3ccccc3)ccc2c1)[C@@H]1CCCN1C(=O)Cc1ccccc1. The Balaban J connectivity index is 1.07. The smallest absolute Gasteiger partial charge is 0.247 e. The van der Waals surface area contributed by atoms with Gasteiger partial charge in [-0.15, -0.1) is 0 Å². The lowest BCUT2D eigenvalue weighted by molar-refractivity contribution is -0.136. The van der Waals surface area contributed by atoms with Gasteiger partial charge in [-0.1, -0.05) is 72.8 Å². The summed E-state index contributed by atoms with van der Waals surface area (Å²) in [5.41, 5.74) is 3.18. The van der Waals surface area contributed by atoms with Crippen LogP contribution in [0, 0.1) is 0 Å². The highest BCUT2D eigenvalue weighted by atomic mass is 16.2. The molecule has 4 aromatic rings. The molecule has 2 aliphatic heterocycles. The van der Waals surface area contributed by atoms with Gasteiger partial charge in [0.05, 0.1) is 12.8 Å². The molecule has 2 fully saturated rings. The van der Waals surface area contributed by atoms with E-state index in [9.17, 15) is 19.2 Å². The highest BCUT2D eigenvalue weighted by molar-refractivity contribution is 6.01. The zero-order chi connectivity index (χ0) is 30.5. The molecule has 0 bridgehead atoms. The lowest BCUT2D eigenvalue weighted by atomic mass is 10.1. The van der Waals surface area contributed by atoms with E-state index in [1.54, 1.807) is 9.80 Å². The lowest BCUT2D eigenvalue weighted by Crippen LogP contribution is -2.43. The maximum atomic E-state index is 13.2. The molecule has 8 nitrogen and oxygen atoms in total. The molecule has 2 aliphatic rings. The van der Waals surface area contributed by atoms with Gasteiger partial charge < -0.3 is 20.4 Å². The average Bonchev–Trinajstić information content (AvgIpc) is 3.73. The predicted octanol–water partition coefficient (Wildman–Crippen LogP) is 5.18. The van der Waals surface area contributed by atoms with Crippen molar-refractivity contribution in [3.8, 4) is 0 Å². The monoisotopic (exact) mass is 588 g/mol. The number of fused-ring (bicyclic) bond motifs is 1. The van der Waals surface area contributed by atoms with E-state index in [0.717, 1.165) is 34.7 Å². The predicted molar refractivity (Wildman–Crippen MR) is 171 cm³/mol. The number of carbonyl (C=O) groups excluding carboxylic acids is 4. The largest absolute Gasteiger partial charge is 0.330 e. The van der Waals surface area contributed by atoms with Crippen LogP contribution in [0.4, 0.5) is 11.4 Å². The van der Waals surface area contributed by atoms with Crippen LogP contribution >= 0.6 is 0 Å². The third-order valence-corrected chi connectivity index (χ3v) is 8.52. The summed E-state index contributed by atoms with van der Waals surface area (Å²) in [6.45, 7) is 1.16. The molecule has 0 radical (unpaired) electrons. The van der Waals surface area contributed by atoms with Crippen LogP contribution in [-0.4, -0.2) is 58.6 Å². The number of hydrogen-bond donors (Lipinski definition) is 2. The molecule has 2 atom stereocenters. The first-order valence-electron chi connectivity index (χ1n) is 15.3. The third kappa shape index (κ3) is 6.64.